The molecule has 2 amide bonds. The Morgan fingerprint density at radius 1 is 0.615 bits per heavy atom. The molecule has 0 fully saturated rings. The number of rotatable bonds is 39. The van der Waals surface area contributed by atoms with Gasteiger partial charge in [-0.3, -0.25) is 28.9 Å². The summed E-state index contributed by atoms with van der Waals surface area (Å²) in [6.45, 7) is 35.6. The number of aromatic nitrogens is 6. The second-order valence-corrected chi connectivity index (χ2v) is 36.1. The van der Waals surface area contributed by atoms with Crippen LogP contribution in [-0.2, 0) is 42.8 Å². The largest absolute Gasteiger partial charge is 0.507 e. The number of nitrogens with zero attached hydrogens (tertiary/aromatic N) is 5. The highest BCUT2D eigenvalue weighted by Gasteiger charge is 2.28. The number of hydrogen-bond acceptors (Lipinski definition) is 13. The Kier molecular flexibility index (Phi) is 38.2. The molecule has 0 saturated heterocycles. The van der Waals surface area contributed by atoms with Gasteiger partial charge in [-0.25, -0.2) is 13.4 Å². The van der Waals surface area contributed by atoms with E-state index >= 15 is 0 Å². The Labute approximate surface area is 709 Å². The predicted molar refractivity (Wildman–Crippen MR) is 484 cm³/mol. The molecule has 0 aliphatic heterocycles. The van der Waals surface area contributed by atoms with Gasteiger partial charge in [-0.05, 0) is 183 Å². The zero-order chi connectivity index (χ0) is 85.5. The van der Waals surface area contributed by atoms with E-state index in [1.54, 1.807) is 63.2 Å². The number of aromatic hydroxyl groups is 1. The standard InChI is InChI=1S/C31H45ClN2O4S.C31H48N2O4S.C22H25N5O2S.C7H6N2S/c1-3-5-7-9-11-16-22-34(23-17-12-10-8-6-4-2)39(37,38)27-20-21-28(32)29(24-27)33-31(36)25-30(35)26-18-14-13-15-19-26;1-10-12-14-33(15-13-11-2)31(35)28-19-25(16-23(9)29(28)34)32-38(36)37-30-26(21(5)6)17-24(20(3)4)18-27(30)22(7)8;1-14-6-7-15(2)18(12-14)29-30(28)26-17-10-8-16(9-11-17)21-23-20-13-19(22(3,4)5)24-27(20)25-21;10-7-8-5-3-1-2-4-6(5)9-7/h13-15,18-21,24H,3-12,16-17,22-23,25H2,1-2H3,(H,33,36);16-22,32,34H,10-15H2,1-9H3;6-13,24,26H,1-5H3;1-4H,(H2,8,9,10). The summed E-state index contributed by atoms with van der Waals surface area (Å²) in [5.74, 6) is 1.50. The molecule has 10 rings (SSSR count). The molecule has 3 aromatic heterocycles. The maximum absolute atomic E-state index is 13.7. The van der Waals surface area contributed by atoms with Gasteiger partial charge >= 0.3 is 22.5 Å². The van der Waals surface area contributed by atoms with Gasteiger partial charge in [0.05, 0.1) is 44.3 Å². The van der Waals surface area contributed by atoms with Crippen molar-refractivity contribution in [1.82, 2.24) is 39.0 Å². The molecule has 0 aliphatic rings. The van der Waals surface area contributed by atoms with Crippen LogP contribution in [0.1, 0.15) is 277 Å². The maximum atomic E-state index is 13.7. The second kappa shape index (κ2) is 47.0. The number of Topliss-reactive ketones (excluding diaryl/α,β-unsaturated/α-hetero) is 1. The third-order valence-electron chi connectivity index (χ3n) is 19.8. The van der Waals surface area contributed by atoms with Gasteiger partial charge in [0.25, 0.3) is 5.91 Å². The fourth-order valence-corrected chi connectivity index (χ4v) is 16.1. The lowest BCUT2D eigenvalue weighted by atomic mass is 9.88. The van der Waals surface area contributed by atoms with Gasteiger partial charge in [0, 0.05) is 60.2 Å². The molecule has 2 atom stereocenters. The number of carbonyl (C=O) groups is 3. The minimum Gasteiger partial charge on any atom is -0.507 e. The SMILES string of the molecule is CCCCCCCCN(CCCCCCCC)S(=O)(=O)c1ccc(Cl)c(NC(=O)CC(=O)c2ccccc2)c1.CCCCN(CCCC)C(=O)c1cc(NS(=O)Oc2c(C(C)C)cc(C(C)C)cc2C(C)C)cc(C)c1O.Cc1ccc(C)c(OS(=O)Nc2ccc(-c3nc4cc(C(C)(C)C)[nH]n4n3)cc2)c1.S=c1[nH]c2ccccc2[nH]1. The molecule has 0 spiro atoms. The third-order valence-corrected chi connectivity index (χ3v) is 23.7. The van der Waals surface area contributed by atoms with Gasteiger partial charge in [0.2, 0.25) is 15.9 Å². The number of hydrogen-bond donors (Lipinski definition) is 7. The summed E-state index contributed by atoms with van der Waals surface area (Å²) in [5, 5.41) is 21.4. The Morgan fingerprint density at radius 2 is 1.16 bits per heavy atom. The summed E-state index contributed by atoms with van der Waals surface area (Å²) in [6, 6.07) is 43.7. The predicted octanol–water partition coefficient (Wildman–Crippen LogP) is 23.4. The molecular weight excluding hydrogens is 1570 g/mol. The number of H-pyrrole nitrogens is 3. The number of fused-ring (bicyclic) bond motifs is 2. The van der Waals surface area contributed by atoms with Crippen molar-refractivity contribution in [2.75, 3.05) is 40.9 Å². The molecule has 0 bridgehead atoms. The van der Waals surface area contributed by atoms with E-state index < -0.39 is 38.5 Å². The molecule has 634 valence electrons. The van der Waals surface area contributed by atoms with Crippen LogP contribution in [0.15, 0.2) is 150 Å². The maximum Gasteiger partial charge on any atom is 0.316 e. The number of para-hydroxylation sites is 2. The first-order chi connectivity index (χ1) is 55.7. The van der Waals surface area contributed by atoms with Crippen LogP contribution in [0.2, 0.25) is 5.02 Å². The minimum absolute atomic E-state index is 0.00453. The number of ketones is 1. The van der Waals surface area contributed by atoms with Crippen molar-refractivity contribution in [2.45, 2.75) is 248 Å². The lowest BCUT2D eigenvalue weighted by Crippen LogP contribution is -2.33. The molecular formula is C91H124ClN11O10S4. The van der Waals surface area contributed by atoms with Gasteiger partial charge in [-0.2, -0.15) is 17.4 Å². The molecule has 3 heterocycles. The van der Waals surface area contributed by atoms with Gasteiger partial charge in [0.1, 0.15) is 17.2 Å². The number of nitrogens with one attached hydrogen (secondary N) is 6. The van der Waals surface area contributed by atoms with E-state index in [1.807, 2.05) is 86.6 Å². The van der Waals surface area contributed by atoms with Gasteiger partial charge in [-0.1, -0.05) is 245 Å². The number of sulfonamides is 1. The van der Waals surface area contributed by atoms with Crippen molar-refractivity contribution in [2.24, 2.45) is 0 Å². The number of phenols is 1. The number of aryl methyl sites for hydroxylation is 3. The Bertz CT molecular complexity index is 4950. The number of aromatic amines is 3. The van der Waals surface area contributed by atoms with Crippen molar-refractivity contribution >= 4 is 108 Å². The van der Waals surface area contributed by atoms with Crippen molar-refractivity contribution in [1.29, 1.82) is 0 Å². The number of phenolic OH excluding ortho intramolecular Hbond substituents is 1. The van der Waals surface area contributed by atoms with E-state index in [0.717, 1.165) is 114 Å². The normalized spacial score (nSPS) is 12.0. The Balaban J connectivity index is 0.000000229. The molecule has 10 aromatic rings. The smallest absolute Gasteiger partial charge is 0.316 e. The summed E-state index contributed by atoms with van der Waals surface area (Å²) in [7, 11) is -3.78. The molecule has 7 N–H and O–H groups in total. The first-order valence-corrected chi connectivity index (χ1v) is 45.7. The van der Waals surface area contributed by atoms with E-state index in [4.69, 9.17) is 32.2 Å². The zero-order valence-electron chi connectivity index (χ0n) is 71.3. The molecule has 21 nitrogen and oxygen atoms in total. The summed E-state index contributed by atoms with van der Waals surface area (Å²) in [4.78, 5) is 51.0. The van der Waals surface area contributed by atoms with E-state index in [-0.39, 0.29) is 62.3 Å². The quantitative estimate of drug-likeness (QED) is 0.00621. The van der Waals surface area contributed by atoms with Crippen LogP contribution >= 0.6 is 23.8 Å². The molecule has 26 heteroatoms. The molecule has 117 heavy (non-hydrogen) atoms. The number of amides is 2. The lowest BCUT2D eigenvalue weighted by Gasteiger charge is -2.24. The highest BCUT2D eigenvalue weighted by Crippen LogP contribution is 2.39. The van der Waals surface area contributed by atoms with E-state index in [9.17, 15) is 36.3 Å². The fourth-order valence-electron chi connectivity index (χ4n) is 12.8. The van der Waals surface area contributed by atoms with Crippen LogP contribution in [0, 0.1) is 25.5 Å². The van der Waals surface area contributed by atoms with Gasteiger partial charge in [0.15, 0.2) is 22.0 Å². The zero-order valence-corrected chi connectivity index (χ0v) is 75.3. The number of imidazole rings is 1. The molecule has 0 radical (unpaired) electrons. The summed E-state index contributed by atoms with van der Waals surface area (Å²) in [5.41, 5.74) is 12.6. The van der Waals surface area contributed by atoms with E-state index in [0.29, 0.717) is 76.7 Å². The van der Waals surface area contributed by atoms with Crippen molar-refractivity contribution in [3.8, 4) is 28.6 Å². The van der Waals surface area contributed by atoms with Crippen molar-refractivity contribution in [3.63, 3.8) is 0 Å². The molecule has 2 unspecified atom stereocenters. The number of anilines is 3. The summed E-state index contributed by atoms with van der Waals surface area (Å²) in [6.07, 6.45) is 16.4. The van der Waals surface area contributed by atoms with Crippen LogP contribution in [0.3, 0.4) is 0 Å². The summed E-state index contributed by atoms with van der Waals surface area (Å²) < 4.78 is 74.3. The molecule has 7 aromatic carbocycles. The monoisotopic (exact) mass is 1690 g/mol. The number of unbranched alkanes of at least 4 members (excludes halogenated alkanes) is 12. The fraction of sp³-hybridized carbons (Fsp3) is 0.451. The Hall–Kier alpha value is -8.98. The van der Waals surface area contributed by atoms with Crippen LogP contribution in [0.25, 0.3) is 28.1 Å². The van der Waals surface area contributed by atoms with Crippen LogP contribution < -0.4 is 23.1 Å². The minimum atomic E-state index is -3.78. The lowest BCUT2D eigenvalue weighted by molar-refractivity contribution is -0.115. The van der Waals surface area contributed by atoms with E-state index in [1.165, 1.54) is 62.3 Å². The van der Waals surface area contributed by atoms with Crippen LogP contribution in [-0.4, -0.2) is 105 Å². The van der Waals surface area contributed by atoms with E-state index in [2.05, 4.69) is 142 Å². The molecule has 0 saturated carbocycles. The second-order valence-electron chi connectivity index (χ2n) is 31.7. The summed E-state index contributed by atoms with van der Waals surface area (Å²) >= 11 is 7.60. The van der Waals surface area contributed by atoms with Crippen LogP contribution in [0.5, 0.6) is 17.2 Å². The van der Waals surface area contributed by atoms with Crippen molar-refractivity contribution in [3.05, 3.63) is 206 Å². The van der Waals surface area contributed by atoms with Gasteiger partial charge in [-0.15, -0.1) is 5.10 Å². The number of benzene rings is 7. The number of carbonyl (C=O) groups excluding carboxylic acids is 3. The first kappa shape index (κ1) is 95.2. The highest BCUT2D eigenvalue weighted by molar-refractivity contribution is 7.89. The van der Waals surface area contributed by atoms with Gasteiger partial charge < -0.3 is 33.7 Å². The average molecular weight is 1700 g/mol. The first-order valence-electron chi connectivity index (χ1n) is 41.3. The van der Waals surface area contributed by atoms with Crippen molar-refractivity contribution < 1.29 is 44.7 Å². The molecule has 0 aliphatic carbocycles. The average Bonchev–Trinajstić information content (AvgIpc) is 1.65. The van der Waals surface area contributed by atoms with Crippen LogP contribution in [0.4, 0.5) is 17.1 Å². The number of halogens is 1. The highest BCUT2D eigenvalue weighted by atomic mass is 35.5. The topological polar surface area (TPSA) is 278 Å². The third kappa shape index (κ3) is 29.5. The Morgan fingerprint density at radius 3 is 1.71 bits per heavy atom.